The molecule has 0 amide bonds. The Morgan fingerprint density at radius 3 is 2.59 bits per heavy atom. The van der Waals surface area contributed by atoms with Crippen molar-refractivity contribution in [1.82, 2.24) is 0 Å². The highest BCUT2D eigenvalue weighted by molar-refractivity contribution is 5.35. The van der Waals surface area contributed by atoms with Gasteiger partial charge in [-0.1, -0.05) is 37.3 Å². The molecule has 0 nitrogen and oxygen atoms in total. The van der Waals surface area contributed by atoms with E-state index in [1.54, 1.807) is 6.07 Å². The van der Waals surface area contributed by atoms with Crippen molar-refractivity contribution in [2.24, 2.45) is 0 Å². The molecule has 1 aromatic rings. The van der Waals surface area contributed by atoms with Crippen LogP contribution in [0.4, 0.5) is 13.2 Å². The molecular weight excluding hydrogens is 225 g/mol. The van der Waals surface area contributed by atoms with Crippen LogP contribution in [0.25, 0.3) is 0 Å². The van der Waals surface area contributed by atoms with Gasteiger partial charge in [0.25, 0.3) is 0 Å². The molecule has 0 aromatic heterocycles. The fourth-order valence-electron chi connectivity index (χ4n) is 2.31. The second-order valence-corrected chi connectivity index (χ2v) is 4.79. The highest BCUT2D eigenvalue weighted by Gasteiger charge is 2.32. The molecule has 1 aliphatic rings. The van der Waals surface area contributed by atoms with E-state index in [0.29, 0.717) is 0 Å². The van der Waals surface area contributed by atoms with E-state index in [2.05, 4.69) is 6.08 Å². The number of allylic oxidation sites excluding steroid dienone is 2. The summed E-state index contributed by atoms with van der Waals surface area (Å²) in [6, 6.07) is 5.67. The van der Waals surface area contributed by atoms with Crippen LogP contribution in [0.2, 0.25) is 0 Å². The van der Waals surface area contributed by atoms with Crippen molar-refractivity contribution in [2.45, 2.75) is 37.8 Å². The van der Waals surface area contributed by atoms with Crippen molar-refractivity contribution in [1.29, 1.82) is 0 Å². The predicted octanol–water partition coefficient (Wildman–Crippen LogP) is 4.70. The molecule has 0 saturated carbocycles. The summed E-state index contributed by atoms with van der Waals surface area (Å²) in [5.41, 5.74) is -0.0575. The molecular formula is C14H15F3. The van der Waals surface area contributed by atoms with Crippen molar-refractivity contribution in [2.75, 3.05) is 0 Å². The van der Waals surface area contributed by atoms with Crippen LogP contribution in [0.1, 0.15) is 37.3 Å². The molecule has 0 aliphatic heterocycles. The van der Waals surface area contributed by atoms with E-state index in [1.165, 1.54) is 12.1 Å². The summed E-state index contributed by atoms with van der Waals surface area (Å²) >= 11 is 0. The van der Waals surface area contributed by atoms with E-state index >= 15 is 0 Å². The largest absolute Gasteiger partial charge is 0.416 e. The maximum atomic E-state index is 12.6. The van der Waals surface area contributed by atoms with Crippen LogP contribution in [0, 0.1) is 0 Å². The van der Waals surface area contributed by atoms with E-state index < -0.39 is 11.7 Å². The van der Waals surface area contributed by atoms with Gasteiger partial charge < -0.3 is 0 Å². The smallest absolute Gasteiger partial charge is 0.166 e. The molecule has 0 N–H and O–H groups in total. The maximum absolute atomic E-state index is 12.6. The lowest BCUT2D eigenvalue weighted by Crippen LogP contribution is -2.21. The summed E-state index contributed by atoms with van der Waals surface area (Å²) in [7, 11) is 0. The van der Waals surface area contributed by atoms with Crippen LogP contribution in [-0.2, 0) is 11.6 Å². The Morgan fingerprint density at radius 2 is 2.00 bits per heavy atom. The molecule has 1 atom stereocenters. The van der Waals surface area contributed by atoms with Gasteiger partial charge >= 0.3 is 6.18 Å². The second kappa shape index (κ2) is 4.21. The molecule has 0 unspecified atom stereocenters. The molecule has 3 heteroatoms. The Labute approximate surface area is 99.2 Å². The number of hydrogen-bond acceptors (Lipinski definition) is 0. The van der Waals surface area contributed by atoms with Gasteiger partial charge in [-0.25, -0.2) is 0 Å². The van der Waals surface area contributed by atoms with Gasteiger partial charge in [-0.05, 0) is 30.9 Å². The third-order valence-corrected chi connectivity index (χ3v) is 3.40. The van der Waals surface area contributed by atoms with Crippen LogP contribution >= 0.6 is 0 Å². The van der Waals surface area contributed by atoms with Gasteiger partial charge in [0.2, 0.25) is 0 Å². The minimum atomic E-state index is -4.26. The minimum absolute atomic E-state index is 0.250. The summed E-state index contributed by atoms with van der Waals surface area (Å²) in [4.78, 5) is 0. The Hall–Kier alpha value is -1.25. The van der Waals surface area contributed by atoms with Crippen molar-refractivity contribution in [3.8, 4) is 0 Å². The number of rotatable bonds is 1. The van der Waals surface area contributed by atoms with Crippen LogP contribution < -0.4 is 0 Å². The fraction of sp³-hybridized carbons (Fsp3) is 0.429. The number of hydrogen-bond donors (Lipinski definition) is 0. The van der Waals surface area contributed by atoms with Crippen LogP contribution in [0.15, 0.2) is 36.4 Å². The van der Waals surface area contributed by atoms with Gasteiger partial charge in [0.05, 0.1) is 5.56 Å². The zero-order valence-electron chi connectivity index (χ0n) is 9.72. The highest BCUT2D eigenvalue weighted by atomic mass is 19.4. The average molecular weight is 240 g/mol. The Morgan fingerprint density at radius 1 is 1.24 bits per heavy atom. The Kier molecular flexibility index (Phi) is 3.02. The predicted molar refractivity (Wildman–Crippen MR) is 61.8 cm³/mol. The van der Waals surface area contributed by atoms with Crippen molar-refractivity contribution in [3.63, 3.8) is 0 Å². The zero-order chi connectivity index (χ0) is 12.5. The molecule has 1 aliphatic carbocycles. The van der Waals surface area contributed by atoms with Crippen LogP contribution in [-0.4, -0.2) is 0 Å². The van der Waals surface area contributed by atoms with E-state index in [4.69, 9.17) is 0 Å². The summed E-state index contributed by atoms with van der Waals surface area (Å²) < 4.78 is 37.9. The average Bonchev–Trinajstić information content (AvgIpc) is 2.29. The topological polar surface area (TPSA) is 0 Å². The van der Waals surface area contributed by atoms with E-state index in [9.17, 15) is 13.2 Å². The normalized spacial score (nSPS) is 24.9. The molecule has 2 rings (SSSR count). The fourth-order valence-corrected chi connectivity index (χ4v) is 2.31. The van der Waals surface area contributed by atoms with Gasteiger partial charge in [-0.15, -0.1) is 0 Å². The quantitative estimate of drug-likeness (QED) is 0.624. The van der Waals surface area contributed by atoms with Gasteiger partial charge in [0, 0.05) is 5.41 Å². The number of halogens is 3. The van der Waals surface area contributed by atoms with Gasteiger partial charge in [-0.2, -0.15) is 13.2 Å². The lowest BCUT2D eigenvalue weighted by molar-refractivity contribution is -0.137. The van der Waals surface area contributed by atoms with Crippen molar-refractivity contribution >= 4 is 0 Å². The molecule has 1 aromatic carbocycles. The van der Waals surface area contributed by atoms with Gasteiger partial charge in [0.15, 0.2) is 0 Å². The zero-order valence-corrected chi connectivity index (χ0v) is 9.72. The first kappa shape index (κ1) is 12.2. The molecule has 92 valence electrons. The number of alkyl halides is 3. The summed E-state index contributed by atoms with van der Waals surface area (Å²) in [6.07, 6.45) is 2.79. The number of benzene rings is 1. The Bertz CT molecular complexity index is 431. The molecule has 0 bridgehead atoms. The molecule has 0 radical (unpaired) electrons. The first-order chi connectivity index (χ1) is 7.92. The standard InChI is InChI=1S/C14H15F3/c1-13(8-3-2-4-9-13)11-6-5-7-12(10-11)14(15,16)17/h3,5-8,10H,2,4,9H2,1H3/t13-/m0/s1. The third-order valence-electron chi connectivity index (χ3n) is 3.40. The van der Waals surface area contributed by atoms with E-state index in [1.807, 2.05) is 13.0 Å². The second-order valence-electron chi connectivity index (χ2n) is 4.79. The van der Waals surface area contributed by atoms with Crippen molar-refractivity contribution < 1.29 is 13.2 Å². The summed E-state index contributed by atoms with van der Waals surface area (Å²) in [5.74, 6) is 0. The first-order valence-electron chi connectivity index (χ1n) is 5.77. The van der Waals surface area contributed by atoms with Crippen molar-refractivity contribution in [3.05, 3.63) is 47.5 Å². The molecule has 0 saturated heterocycles. The third kappa shape index (κ3) is 2.54. The lowest BCUT2D eigenvalue weighted by atomic mass is 9.75. The molecule has 0 heterocycles. The molecule has 17 heavy (non-hydrogen) atoms. The van der Waals surface area contributed by atoms with E-state index in [0.717, 1.165) is 30.9 Å². The molecule has 0 fully saturated rings. The highest BCUT2D eigenvalue weighted by Crippen LogP contribution is 2.37. The lowest BCUT2D eigenvalue weighted by Gasteiger charge is -2.30. The summed E-state index contributed by atoms with van der Waals surface area (Å²) in [5, 5.41) is 0. The molecule has 0 spiro atoms. The van der Waals surface area contributed by atoms with Gasteiger partial charge in [0.1, 0.15) is 0 Å². The van der Waals surface area contributed by atoms with E-state index in [-0.39, 0.29) is 5.41 Å². The minimum Gasteiger partial charge on any atom is -0.166 e. The summed E-state index contributed by atoms with van der Waals surface area (Å²) in [6.45, 7) is 2.00. The SMILES string of the molecule is C[C@]1(c2cccc(C(F)(F)F)c2)C=CCCC1. The van der Waals surface area contributed by atoms with Gasteiger partial charge in [-0.3, -0.25) is 0 Å². The monoisotopic (exact) mass is 240 g/mol. The maximum Gasteiger partial charge on any atom is 0.416 e. The first-order valence-corrected chi connectivity index (χ1v) is 5.77. The van der Waals surface area contributed by atoms with Crippen LogP contribution in [0.3, 0.4) is 0 Å². The van der Waals surface area contributed by atoms with Crippen LogP contribution in [0.5, 0.6) is 0 Å². The Balaban J connectivity index is 2.39.